The third-order valence-electron chi connectivity index (χ3n) is 3.22. The number of amides is 4. The SMILES string of the molecule is CN1CC(=O)N(CCCC(=O)Nc2ccc(Cl)cc2F)C1=O. The maximum absolute atomic E-state index is 13.5. The number of imide groups is 1. The molecule has 1 aromatic carbocycles. The van der Waals surface area contributed by atoms with Gasteiger partial charge in [-0.2, -0.15) is 0 Å². The molecule has 6 nitrogen and oxygen atoms in total. The molecular formula is C14H15ClFN3O3. The second kappa shape index (κ2) is 6.74. The monoisotopic (exact) mass is 327 g/mol. The van der Waals surface area contributed by atoms with Crippen LogP contribution in [0.3, 0.4) is 0 Å². The predicted octanol–water partition coefficient (Wildman–Crippen LogP) is 2.09. The van der Waals surface area contributed by atoms with Crippen LogP contribution in [0.5, 0.6) is 0 Å². The molecule has 1 N–H and O–H groups in total. The number of nitrogens with one attached hydrogen (secondary N) is 1. The highest BCUT2D eigenvalue weighted by atomic mass is 35.5. The van der Waals surface area contributed by atoms with Gasteiger partial charge in [0.15, 0.2) is 0 Å². The van der Waals surface area contributed by atoms with Crippen molar-refractivity contribution in [2.75, 3.05) is 25.5 Å². The van der Waals surface area contributed by atoms with Gasteiger partial charge in [0.1, 0.15) is 12.4 Å². The number of halogens is 2. The summed E-state index contributed by atoms with van der Waals surface area (Å²) in [5.41, 5.74) is 0.0439. The lowest BCUT2D eigenvalue weighted by molar-refractivity contribution is -0.125. The van der Waals surface area contributed by atoms with Gasteiger partial charge in [-0.25, -0.2) is 9.18 Å². The Morgan fingerprint density at radius 1 is 1.41 bits per heavy atom. The first-order chi connectivity index (χ1) is 10.4. The zero-order valence-corrected chi connectivity index (χ0v) is 12.7. The number of benzene rings is 1. The van der Waals surface area contributed by atoms with Crippen LogP contribution in [0.4, 0.5) is 14.9 Å². The number of carbonyl (C=O) groups is 3. The highest BCUT2D eigenvalue weighted by Crippen LogP contribution is 2.19. The van der Waals surface area contributed by atoms with Crippen LogP contribution < -0.4 is 5.32 Å². The first-order valence-electron chi connectivity index (χ1n) is 6.69. The third-order valence-corrected chi connectivity index (χ3v) is 3.46. The lowest BCUT2D eigenvalue weighted by Crippen LogP contribution is -2.32. The molecule has 0 saturated carbocycles. The van der Waals surface area contributed by atoms with Crippen LogP contribution in [-0.2, 0) is 9.59 Å². The minimum Gasteiger partial charge on any atom is -0.324 e. The fraction of sp³-hybridized carbons (Fsp3) is 0.357. The summed E-state index contributed by atoms with van der Waals surface area (Å²) in [6.07, 6.45) is 0.384. The minimum absolute atomic E-state index is 0.0439. The Balaban J connectivity index is 1.81. The van der Waals surface area contributed by atoms with E-state index in [4.69, 9.17) is 11.6 Å². The van der Waals surface area contributed by atoms with E-state index in [1.54, 1.807) is 0 Å². The lowest BCUT2D eigenvalue weighted by Gasteiger charge is -2.13. The second-order valence-corrected chi connectivity index (χ2v) is 5.40. The highest BCUT2D eigenvalue weighted by molar-refractivity contribution is 6.30. The van der Waals surface area contributed by atoms with E-state index < -0.39 is 11.7 Å². The van der Waals surface area contributed by atoms with Gasteiger partial charge in [-0.05, 0) is 24.6 Å². The number of likely N-dealkylation sites (N-methyl/N-ethyl adjacent to an activating group) is 1. The molecule has 8 heteroatoms. The summed E-state index contributed by atoms with van der Waals surface area (Å²) in [6.45, 7) is 0.222. The highest BCUT2D eigenvalue weighted by Gasteiger charge is 2.32. The van der Waals surface area contributed by atoms with Gasteiger partial charge in [0.25, 0.3) is 0 Å². The zero-order chi connectivity index (χ0) is 16.3. The summed E-state index contributed by atoms with van der Waals surface area (Å²) in [7, 11) is 1.54. The number of urea groups is 1. The number of anilines is 1. The fourth-order valence-corrected chi connectivity index (χ4v) is 2.25. The molecule has 0 aromatic heterocycles. The summed E-state index contributed by atoms with van der Waals surface area (Å²) < 4.78 is 13.5. The first kappa shape index (κ1) is 16.2. The summed E-state index contributed by atoms with van der Waals surface area (Å²) in [5.74, 6) is -1.29. The number of hydrogen-bond acceptors (Lipinski definition) is 3. The van der Waals surface area contributed by atoms with Crippen LogP contribution in [0.15, 0.2) is 18.2 Å². The average molecular weight is 328 g/mol. The van der Waals surface area contributed by atoms with Crippen molar-refractivity contribution in [3.63, 3.8) is 0 Å². The van der Waals surface area contributed by atoms with Gasteiger partial charge in [-0.3, -0.25) is 14.5 Å². The first-order valence-corrected chi connectivity index (χ1v) is 7.06. The lowest BCUT2D eigenvalue weighted by atomic mass is 10.2. The van der Waals surface area contributed by atoms with Gasteiger partial charge in [0.2, 0.25) is 11.8 Å². The predicted molar refractivity (Wildman–Crippen MR) is 79.0 cm³/mol. The Bertz CT molecular complexity index is 623. The van der Waals surface area contributed by atoms with E-state index in [0.29, 0.717) is 6.42 Å². The van der Waals surface area contributed by atoms with Crippen molar-refractivity contribution in [2.24, 2.45) is 0 Å². The molecule has 1 heterocycles. The molecule has 0 atom stereocenters. The average Bonchev–Trinajstić information content (AvgIpc) is 2.68. The number of rotatable bonds is 5. The van der Waals surface area contributed by atoms with E-state index in [9.17, 15) is 18.8 Å². The van der Waals surface area contributed by atoms with Gasteiger partial charge in [0.05, 0.1) is 5.69 Å². The van der Waals surface area contributed by atoms with Gasteiger partial charge >= 0.3 is 6.03 Å². The Hall–Kier alpha value is -2.15. The molecule has 1 aromatic rings. The van der Waals surface area contributed by atoms with Crippen LogP contribution in [0.1, 0.15) is 12.8 Å². The van der Waals surface area contributed by atoms with Crippen molar-refractivity contribution < 1.29 is 18.8 Å². The number of hydrogen-bond donors (Lipinski definition) is 1. The van der Waals surface area contributed by atoms with Crippen LogP contribution >= 0.6 is 11.6 Å². The molecular weight excluding hydrogens is 313 g/mol. The molecule has 0 spiro atoms. The topological polar surface area (TPSA) is 69.7 Å². The Kier molecular flexibility index (Phi) is 4.97. The molecule has 22 heavy (non-hydrogen) atoms. The molecule has 0 unspecified atom stereocenters. The fourth-order valence-electron chi connectivity index (χ4n) is 2.09. The van der Waals surface area contributed by atoms with Crippen molar-refractivity contribution in [2.45, 2.75) is 12.8 Å². The van der Waals surface area contributed by atoms with E-state index in [1.807, 2.05) is 0 Å². The van der Waals surface area contributed by atoms with E-state index in [1.165, 1.54) is 24.1 Å². The molecule has 0 bridgehead atoms. The normalized spacial score (nSPS) is 14.7. The third kappa shape index (κ3) is 3.73. The molecule has 1 aliphatic heterocycles. The molecule has 0 radical (unpaired) electrons. The quantitative estimate of drug-likeness (QED) is 0.842. The summed E-state index contributed by atoms with van der Waals surface area (Å²) in [6, 6.07) is 3.58. The van der Waals surface area contributed by atoms with Crippen LogP contribution in [-0.4, -0.2) is 47.8 Å². The molecule has 1 fully saturated rings. The molecule has 2 rings (SSSR count). The molecule has 0 aliphatic carbocycles. The largest absolute Gasteiger partial charge is 0.326 e. The van der Waals surface area contributed by atoms with Gasteiger partial charge in [-0.15, -0.1) is 0 Å². The van der Waals surface area contributed by atoms with Crippen molar-refractivity contribution in [3.8, 4) is 0 Å². The Morgan fingerprint density at radius 2 is 2.14 bits per heavy atom. The van der Waals surface area contributed by atoms with Crippen molar-refractivity contribution in [3.05, 3.63) is 29.0 Å². The number of nitrogens with zero attached hydrogens (tertiary/aromatic N) is 2. The van der Waals surface area contributed by atoms with E-state index >= 15 is 0 Å². The van der Waals surface area contributed by atoms with E-state index in [-0.39, 0.29) is 42.2 Å². The van der Waals surface area contributed by atoms with E-state index in [2.05, 4.69) is 5.32 Å². The Morgan fingerprint density at radius 3 is 2.73 bits per heavy atom. The Labute approximate surface area is 131 Å². The standard InChI is InChI=1S/C14H15ClFN3O3/c1-18-8-13(21)19(14(18)22)6-2-3-12(20)17-11-5-4-9(15)7-10(11)16/h4-5,7H,2-3,6,8H2,1H3,(H,17,20). The van der Waals surface area contributed by atoms with Crippen molar-refractivity contribution in [1.29, 1.82) is 0 Å². The summed E-state index contributed by atoms with van der Waals surface area (Å²) >= 11 is 5.62. The maximum atomic E-state index is 13.5. The van der Waals surface area contributed by atoms with Crippen LogP contribution in [0, 0.1) is 5.82 Å². The van der Waals surface area contributed by atoms with Crippen LogP contribution in [0.25, 0.3) is 0 Å². The molecule has 1 aliphatic rings. The zero-order valence-electron chi connectivity index (χ0n) is 11.9. The molecule has 4 amide bonds. The van der Waals surface area contributed by atoms with E-state index in [0.717, 1.165) is 11.0 Å². The van der Waals surface area contributed by atoms with Crippen LogP contribution in [0.2, 0.25) is 5.02 Å². The maximum Gasteiger partial charge on any atom is 0.326 e. The smallest absolute Gasteiger partial charge is 0.324 e. The van der Waals surface area contributed by atoms with Gasteiger partial charge in [0, 0.05) is 25.0 Å². The van der Waals surface area contributed by atoms with Crippen molar-refractivity contribution in [1.82, 2.24) is 9.80 Å². The van der Waals surface area contributed by atoms with Gasteiger partial charge in [-0.1, -0.05) is 11.6 Å². The minimum atomic E-state index is -0.618. The number of carbonyl (C=O) groups excluding carboxylic acids is 3. The van der Waals surface area contributed by atoms with Gasteiger partial charge < -0.3 is 10.2 Å². The summed E-state index contributed by atoms with van der Waals surface area (Å²) in [4.78, 5) is 37.3. The summed E-state index contributed by atoms with van der Waals surface area (Å²) in [5, 5.41) is 2.66. The molecule has 1 saturated heterocycles. The second-order valence-electron chi connectivity index (χ2n) is 4.96. The molecule has 118 valence electrons. The van der Waals surface area contributed by atoms with Crippen molar-refractivity contribution >= 4 is 35.1 Å².